The second-order valence-corrected chi connectivity index (χ2v) is 4.36. The van der Waals surface area contributed by atoms with Gasteiger partial charge in [-0.05, 0) is 19.2 Å². The van der Waals surface area contributed by atoms with Crippen LogP contribution < -0.4 is 0 Å². The highest BCUT2D eigenvalue weighted by atomic mass is 16.5. The Labute approximate surface area is 89.9 Å². The van der Waals surface area contributed by atoms with Crippen LogP contribution in [0.3, 0.4) is 0 Å². The molecule has 0 spiro atoms. The molecule has 0 saturated heterocycles. The highest BCUT2D eigenvalue weighted by molar-refractivity contribution is 5.64. The van der Waals surface area contributed by atoms with Crippen molar-refractivity contribution in [3.05, 3.63) is 29.8 Å². The average Bonchev–Trinajstić information content (AvgIpc) is 2.82. The molecule has 1 aromatic heterocycles. The van der Waals surface area contributed by atoms with Gasteiger partial charge in [0, 0.05) is 43.0 Å². The van der Waals surface area contributed by atoms with Crippen LogP contribution in [-0.4, -0.2) is 29.7 Å². The summed E-state index contributed by atoms with van der Waals surface area (Å²) in [6, 6.07) is 4.47. The van der Waals surface area contributed by atoms with E-state index >= 15 is 0 Å². The van der Waals surface area contributed by atoms with Crippen molar-refractivity contribution >= 4 is 5.57 Å². The summed E-state index contributed by atoms with van der Waals surface area (Å²) in [5.41, 5.74) is 4.13. The lowest BCUT2D eigenvalue weighted by molar-refractivity contribution is 0.269. The molecule has 3 heterocycles. The van der Waals surface area contributed by atoms with E-state index in [1.165, 1.54) is 17.0 Å². The zero-order valence-corrected chi connectivity index (χ0v) is 9.07. The van der Waals surface area contributed by atoms with E-state index in [0.29, 0.717) is 0 Å². The Bertz CT molecular complexity index is 406. The lowest BCUT2D eigenvalue weighted by Crippen LogP contribution is -2.30. The van der Waals surface area contributed by atoms with Gasteiger partial charge in [-0.25, -0.2) is 0 Å². The number of fused-ring (bicyclic) bond motifs is 1. The maximum atomic E-state index is 5.31. The van der Waals surface area contributed by atoms with Crippen LogP contribution >= 0.6 is 0 Å². The van der Waals surface area contributed by atoms with Gasteiger partial charge in [0.05, 0.1) is 12.9 Å². The van der Waals surface area contributed by atoms with Crippen LogP contribution in [0.2, 0.25) is 0 Å². The first kappa shape index (κ1) is 9.04. The van der Waals surface area contributed by atoms with Gasteiger partial charge in [-0.15, -0.1) is 0 Å². The van der Waals surface area contributed by atoms with Gasteiger partial charge in [0.1, 0.15) is 0 Å². The van der Waals surface area contributed by atoms with Gasteiger partial charge >= 0.3 is 0 Å². The number of hydrogen-bond donors (Lipinski definition) is 0. The Kier molecular flexibility index (Phi) is 2.06. The fraction of sp³-hybridized carbons (Fsp3) is 0.500. The monoisotopic (exact) mass is 204 g/mol. The van der Waals surface area contributed by atoms with E-state index < -0.39 is 0 Å². The van der Waals surface area contributed by atoms with Crippen molar-refractivity contribution in [1.29, 1.82) is 0 Å². The minimum Gasteiger partial charge on any atom is -0.500 e. The van der Waals surface area contributed by atoms with Crippen molar-refractivity contribution in [2.75, 3.05) is 20.2 Å². The third kappa shape index (κ3) is 1.47. The smallest absolute Gasteiger partial charge is 0.0915 e. The molecule has 0 unspecified atom stereocenters. The van der Waals surface area contributed by atoms with Gasteiger partial charge in [-0.3, -0.25) is 4.90 Å². The molecule has 2 aliphatic heterocycles. The highest BCUT2D eigenvalue weighted by Gasteiger charge is 2.19. The number of ether oxygens (including phenoxy) is 1. The second kappa shape index (κ2) is 3.42. The zero-order valence-electron chi connectivity index (χ0n) is 9.07. The molecule has 0 aromatic carbocycles. The van der Waals surface area contributed by atoms with Crippen LogP contribution in [0.5, 0.6) is 0 Å². The summed E-state index contributed by atoms with van der Waals surface area (Å²) >= 11 is 0. The zero-order chi connectivity index (χ0) is 10.3. The molecule has 15 heavy (non-hydrogen) atoms. The maximum absolute atomic E-state index is 5.31. The molecule has 0 aliphatic carbocycles. The van der Waals surface area contributed by atoms with E-state index in [1.807, 2.05) is 6.26 Å². The van der Waals surface area contributed by atoms with Crippen molar-refractivity contribution < 1.29 is 4.74 Å². The summed E-state index contributed by atoms with van der Waals surface area (Å²) in [6.45, 7) is 4.15. The second-order valence-electron chi connectivity index (χ2n) is 4.36. The van der Waals surface area contributed by atoms with Crippen molar-refractivity contribution in [2.45, 2.75) is 19.5 Å². The Morgan fingerprint density at radius 3 is 3.00 bits per heavy atom. The first-order valence-corrected chi connectivity index (χ1v) is 5.52. The van der Waals surface area contributed by atoms with Gasteiger partial charge in [-0.2, -0.15) is 0 Å². The summed E-state index contributed by atoms with van der Waals surface area (Å²) in [5.74, 6) is 0. The molecule has 1 aromatic rings. The quantitative estimate of drug-likeness (QED) is 0.692. The number of hydrogen-bond acceptors (Lipinski definition) is 2. The fourth-order valence-electron chi connectivity index (χ4n) is 2.39. The van der Waals surface area contributed by atoms with Gasteiger partial charge in [0.2, 0.25) is 0 Å². The first-order chi connectivity index (χ1) is 7.34. The molecule has 3 nitrogen and oxygen atoms in total. The van der Waals surface area contributed by atoms with Crippen LogP contribution in [0.4, 0.5) is 0 Å². The fourth-order valence-corrected chi connectivity index (χ4v) is 2.39. The molecule has 80 valence electrons. The van der Waals surface area contributed by atoms with Crippen LogP contribution in [-0.2, 0) is 17.8 Å². The normalized spacial score (nSPS) is 21.0. The Balaban J connectivity index is 1.97. The molecule has 2 aliphatic rings. The van der Waals surface area contributed by atoms with E-state index in [0.717, 1.165) is 32.7 Å². The van der Waals surface area contributed by atoms with E-state index in [4.69, 9.17) is 4.74 Å². The molecule has 0 amide bonds. The number of nitrogens with zero attached hydrogens (tertiary/aromatic N) is 2. The van der Waals surface area contributed by atoms with Crippen molar-refractivity contribution in [1.82, 2.24) is 9.47 Å². The lowest BCUT2D eigenvalue weighted by atomic mass is 10.1. The molecule has 0 atom stereocenters. The topological polar surface area (TPSA) is 17.4 Å². The summed E-state index contributed by atoms with van der Waals surface area (Å²) in [7, 11) is 2.17. The van der Waals surface area contributed by atoms with Gasteiger partial charge in [0.25, 0.3) is 0 Å². The SMILES string of the molecule is CN1CCn2c(ccc2C2=COCC2)C1. The Morgan fingerprint density at radius 1 is 1.27 bits per heavy atom. The molecule has 0 radical (unpaired) electrons. The summed E-state index contributed by atoms with van der Waals surface area (Å²) in [4.78, 5) is 2.36. The van der Waals surface area contributed by atoms with Crippen molar-refractivity contribution in [2.24, 2.45) is 0 Å². The molecular formula is C12H16N2O. The molecular weight excluding hydrogens is 188 g/mol. The third-order valence-electron chi connectivity index (χ3n) is 3.25. The molecule has 0 N–H and O–H groups in total. The molecule has 3 heteroatoms. The number of likely N-dealkylation sites (N-methyl/N-ethyl adjacent to an activating group) is 1. The van der Waals surface area contributed by atoms with Crippen LogP contribution in [0, 0.1) is 0 Å². The molecule has 0 bridgehead atoms. The van der Waals surface area contributed by atoms with E-state index in [-0.39, 0.29) is 0 Å². The highest BCUT2D eigenvalue weighted by Crippen LogP contribution is 2.27. The molecule has 0 fully saturated rings. The Morgan fingerprint density at radius 2 is 2.20 bits per heavy atom. The van der Waals surface area contributed by atoms with E-state index in [1.54, 1.807) is 0 Å². The molecule has 0 saturated carbocycles. The van der Waals surface area contributed by atoms with Gasteiger partial charge < -0.3 is 9.30 Å². The van der Waals surface area contributed by atoms with Crippen LogP contribution in [0.25, 0.3) is 5.57 Å². The van der Waals surface area contributed by atoms with E-state index in [2.05, 4.69) is 28.6 Å². The Hall–Kier alpha value is -1.22. The van der Waals surface area contributed by atoms with E-state index in [9.17, 15) is 0 Å². The first-order valence-electron chi connectivity index (χ1n) is 5.52. The summed E-state index contributed by atoms with van der Waals surface area (Å²) in [6.07, 6.45) is 2.97. The number of aromatic nitrogens is 1. The van der Waals surface area contributed by atoms with Gasteiger partial charge in [-0.1, -0.05) is 0 Å². The van der Waals surface area contributed by atoms with Crippen molar-refractivity contribution in [3.8, 4) is 0 Å². The predicted molar refractivity (Wildman–Crippen MR) is 59.3 cm³/mol. The lowest BCUT2D eigenvalue weighted by Gasteiger charge is -2.26. The van der Waals surface area contributed by atoms with Crippen molar-refractivity contribution in [3.63, 3.8) is 0 Å². The van der Waals surface area contributed by atoms with Crippen LogP contribution in [0.15, 0.2) is 18.4 Å². The minimum atomic E-state index is 0.843. The number of rotatable bonds is 1. The standard InChI is InChI=1S/C12H16N2O/c1-13-5-6-14-11(8-13)2-3-12(14)10-4-7-15-9-10/h2-3,9H,4-8H2,1H3. The van der Waals surface area contributed by atoms with Crippen LogP contribution in [0.1, 0.15) is 17.8 Å². The largest absolute Gasteiger partial charge is 0.500 e. The minimum absolute atomic E-state index is 0.843. The predicted octanol–water partition coefficient (Wildman–Crippen LogP) is 1.69. The summed E-state index contributed by atoms with van der Waals surface area (Å²) < 4.78 is 7.74. The average molecular weight is 204 g/mol. The molecule has 3 rings (SSSR count). The third-order valence-corrected chi connectivity index (χ3v) is 3.25. The van der Waals surface area contributed by atoms with Gasteiger partial charge in [0.15, 0.2) is 0 Å². The summed E-state index contributed by atoms with van der Waals surface area (Å²) in [5, 5.41) is 0. The maximum Gasteiger partial charge on any atom is 0.0915 e.